The molecule has 1 amide bonds. The van der Waals surface area contributed by atoms with Gasteiger partial charge in [0.15, 0.2) is 0 Å². The highest BCUT2D eigenvalue weighted by atomic mass is 16.5. The van der Waals surface area contributed by atoms with E-state index in [1.165, 1.54) is 11.1 Å². The Morgan fingerprint density at radius 3 is 2.60 bits per heavy atom. The normalized spacial score (nSPS) is 14.4. The van der Waals surface area contributed by atoms with E-state index in [0.717, 1.165) is 38.0 Å². The molecule has 1 aliphatic rings. The van der Waals surface area contributed by atoms with Crippen molar-refractivity contribution in [2.24, 2.45) is 17.6 Å². The van der Waals surface area contributed by atoms with Gasteiger partial charge in [-0.25, -0.2) is 0 Å². The first-order chi connectivity index (χ1) is 12.1. The zero-order valence-electron chi connectivity index (χ0n) is 15.5. The van der Waals surface area contributed by atoms with Crippen LogP contribution in [-0.4, -0.2) is 25.9 Å². The van der Waals surface area contributed by atoms with E-state index in [-0.39, 0.29) is 17.7 Å². The minimum Gasteiger partial charge on any atom is -0.493 e. The van der Waals surface area contributed by atoms with Gasteiger partial charge >= 0.3 is 0 Å². The van der Waals surface area contributed by atoms with Gasteiger partial charge in [0.25, 0.3) is 0 Å². The molecule has 138 valence electrons. The second-order valence-corrected chi connectivity index (χ2v) is 6.07. The van der Waals surface area contributed by atoms with E-state index >= 15 is 0 Å². The van der Waals surface area contributed by atoms with Crippen LogP contribution in [0.25, 0.3) is 0 Å². The van der Waals surface area contributed by atoms with Gasteiger partial charge in [0.1, 0.15) is 5.75 Å². The lowest BCUT2D eigenvalue weighted by atomic mass is 9.74. The lowest BCUT2D eigenvalue weighted by molar-refractivity contribution is -0.126. The number of fused-ring (bicyclic) bond motifs is 1. The van der Waals surface area contributed by atoms with Crippen molar-refractivity contribution in [3.63, 3.8) is 0 Å². The van der Waals surface area contributed by atoms with Gasteiger partial charge in [0.05, 0.1) is 18.9 Å². The maximum atomic E-state index is 12.6. The van der Waals surface area contributed by atoms with Crippen LogP contribution >= 0.6 is 0 Å². The Hall–Kier alpha value is -2.30. The van der Waals surface area contributed by atoms with Crippen LogP contribution in [0, 0.1) is 17.2 Å². The molecule has 0 fully saturated rings. The Labute approximate surface area is 151 Å². The number of carbonyl (C=O) groups excluding carboxylic acids is 1. The van der Waals surface area contributed by atoms with E-state index in [9.17, 15) is 4.79 Å². The maximum absolute atomic E-state index is 12.6. The quantitative estimate of drug-likeness (QED) is 0.403. The molecule has 1 heterocycles. The van der Waals surface area contributed by atoms with Gasteiger partial charge in [0, 0.05) is 24.9 Å². The van der Waals surface area contributed by atoms with Crippen LogP contribution in [0.3, 0.4) is 0 Å². The first kappa shape index (κ1) is 20.7. The van der Waals surface area contributed by atoms with Crippen LogP contribution in [-0.2, 0) is 11.2 Å². The Bertz CT molecular complexity index is 582. The lowest BCUT2D eigenvalue weighted by Crippen LogP contribution is -2.36. The summed E-state index contributed by atoms with van der Waals surface area (Å²) in [5.74, 6) is 1.37. The summed E-state index contributed by atoms with van der Waals surface area (Å²) in [6.07, 6.45) is 5.58. The fourth-order valence-electron chi connectivity index (χ4n) is 3.66. The molecule has 1 aromatic carbocycles. The third-order valence-electron chi connectivity index (χ3n) is 4.88. The fourth-order valence-corrected chi connectivity index (χ4v) is 3.66. The van der Waals surface area contributed by atoms with Crippen molar-refractivity contribution in [3.05, 3.63) is 42.0 Å². The first-order valence-electron chi connectivity index (χ1n) is 8.88. The van der Waals surface area contributed by atoms with Crippen LogP contribution in [0.2, 0.25) is 0 Å². The molecule has 5 nitrogen and oxygen atoms in total. The summed E-state index contributed by atoms with van der Waals surface area (Å²) in [6.45, 7) is 9.07. The van der Waals surface area contributed by atoms with Crippen molar-refractivity contribution in [2.75, 3.05) is 13.7 Å². The largest absolute Gasteiger partial charge is 0.493 e. The molecular formula is C20H31N3O2. The molecule has 1 aromatic rings. The molecular weight excluding hydrogens is 314 g/mol. The van der Waals surface area contributed by atoms with Crippen molar-refractivity contribution in [1.29, 1.82) is 5.41 Å². The SMILES string of the molecule is C=C[C@H](c1cccc2c1CCO2)C(C(=O)NC)C(CC)CC.N=CN. The average molecular weight is 345 g/mol. The van der Waals surface area contributed by atoms with Crippen LogP contribution < -0.4 is 15.8 Å². The van der Waals surface area contributed by atoms with Crippen LogP contribution in [0.4, 0.5) is 0 Å². The summed E-state index contributed by atoms with van der Waals surface area (Å²) < 4.78 is 5.68. The number of hydrogen-bond acceptors (Lipinski definition) is 3. The number of allylic oxidation sites excluding steroid dienone is 1. The lowest BCUT2D eigenvalue weighted by Gasteiger charge is -2.31. The second kappa shape index (κ2) is 10.5. The number of amides is 1. The van der Waals surface area contributed by atoms with Crippen molar-refractivity contribution in [3.8, 4) is 5.75 Å². The molecule has 25 heavy (non-hydrogen) atoms. The van der Waals surface area contributed by atoms with E-state index in [4.69, 9.17) is 10.1 Å². The molecule has 0 spiro atoms. The van der Waals surface area contributed by atoms with Gasteiger partial charge in [-0.1, -0.05) is 44.9 Å². The zero-order chi connectivity index (χ0) is 18.8. The number of carbonyl (C=O) groups is 1. The molecule has 0 radical (unpaired) electrons. The van der Waals surface area contributed by atoms with Crippen molar-refractivity contribution >= 4 is 12.2 Å². The van der Waals surface area contributed by atoms with Gasteiger partial charge in [-0.15, -0.1) is 6.58 Å². The number of nitrogens with two attached hydrogens (primary N) is 1. The summed E-state index contributed by atoms with van der Waals surface area (Å²) in [5.41, 5.74) is 6.83. The Kier molecular flexibility index (Phi) is 8.75. The van der Waals surface area contributed by atoms with Crippen molar-refractivity contribution < 1.29 is 9.53 Å². The van der Waals surface area contributed by atoms with E-state index in [1.807, 2.05) is 18.2 Å². The summed E-state index contributed by atoms with van der Waals surface area (Å²) in [4.78, 5) is 12.6. The van der Waals surface area contributed by atoms with E-state index in [0.29, 0.717) is 5.92 Å². The second-order valence-electron chi connectivity index (χ2n) is 6.07. The molecule has 0 saturated carbocycles. The molecule has 1 aliphatic heterocycles. The van der Waals surface area contributed by atoms with Gasteiger partial charge in [-0.2, -0.15) is 0 Å². The molecule has 5 heteroatoms. The number of benzene rings is 1. The van der Waals surface area contributed by atoms with Crippen LogP contribution in [0.5, 0.6) is 5.75 Å². The highest BCUT2D eigenvalue weighted by Gasteiger charge is 2.34. The summed E-state index contributed by atoms with van der Waals surface area (Å²) in [6, 6.07) is 6.15. The van der Waals surface area contributed by atoms with Gasteiger partial charge < -0.3 is 15.8 Å². The molecule has 1 unspecified atom stereocenters. The predicted octanol–water partition coefficient (Wildman–Crippen LogP) is 3.24. The summed E-state index contributed by atoms with van der Waals surface area (Å²) in [5, 5.41) is 8.71. The topological polar surface area (TPSA) is 88.2 Å². The number of hydrogen-bond donors (Lipinski definition) is 3. The monoisotopic (exact) mass is 345 g/mol. The minimum atomic E-state index is -0.0791. The Morgan fingerprint density at radius 2 is 2.08 bits per heavy atom. The highest BCUT2D eigenvalue weighted by Crippen LogP contribution is 2.40. The highest BCUT2D eigenvalue weighted by molar-refractivity contribution is 5.80. The zero-order valence-corrected chi connectivity index (χ0v) is 15.5. The van der Waals surface area contributed by atoms with Crippen molar-refractivity contribution in [2.45, 2.75) is 39.0 Å². The third-order valence-corrected chi connectivity index (χ3v) is 4.88. The molecule has 2 atom stereocenters. The van der Waals surface area contributed by atoms with Crippen LogP contribution in [0.1, 0.15) is 43.7 Å². The third kappa shape index (κ3) is 4.84. The van der Waals surface area contributed by atoms with Crippen molar-refractivity contribution in [1.82, 2.24) is 5.32 Å². The van der Waals surface area contributed by atoms with E-state index in [2.05, 4.69) is 37.5 Å². The van der Waals surface area contributed by atoms with Gasteiger partial charge in [0.2, 0.25) is 5.91 Å². The van der Waals surface area contributed by atoms with Gasteiger partial charge in [-0.05, 0) is 17.5 Å². The molecule has 0 aliphatic carbocycles. The van der Waals surface area contributed by atoms with Crippen LogP contribution in [0.15, 0.2) is 30.9 Å². The predicted molar refractivity (Wildman–Crippen MR) is 103 cm³/mol. The standard InChI is InChI=1S/C19H27NO2.CH4N2/c1-5-13(6-2)18(19(21)20-4)14(7-3)15-9-8-10-17-16(15)11-12-22-17;2-1-3/h7-10,13-14,18H,3,5-6,11-12H2,1-2,4H3,(H,20,21);1H,(H3,2,3)/t14-,18?;/m1./s1. The number of rotatable bonds is 7. The van der Waals surface area contributed by atoms with E-state index < -0.39 is 0 Å². The maximum Gasteiger partial charge on any atom is 0.224 e. The number of ether oxygens (including phenoxy) is 1. The Balaban J connectivity index is 0.000000970. The Morgan fingerprint density at radius 1 is 1.44 bits per heavy atom. The smallest absolute Gasteiger partial charge is 0.224 e. The molecule has 4 N–H and O–H groups in total. The molecule has 0 aromatic heterocycles. The summed E-state index contributed by atoms with van der Waals surface area (Å²) in [7, 11) is 1.72. The minimum absolute atomic E-state index is 0.0292. The fraction of sp³-hybridized carbons (Fsp3) is 0.500. The molecule has 2 rings (SSSR count). The molecule has 0 saturated heterocycles. The molecule has 0 bridgehead atoms. The summed E-state index contributed by atoms with van der Waals surface area (Å²) >= 11 is 0. The van der Waals surface area contributed by atoms with E-state index in [1.54, 1.807) is 7.05 Å². The number of nitrogens with one attached hydrogen (secondary N) is 2. The van der Waals surface area contributed by atoms with Gasteiger partial charge in [-0.3, -0.25) is 10.2 Å². The average Bonchev–Trinajstić information content (AvgIpc) is 3.11. The first-order valence-corrected chi connectivity index (χ1v) is 8.88.